The molecule has 1 aliphatic rings. The molecule has 5 rings (SSSR count). The summed E-state index contributed by atoms with van der Waals surface area (Å²) >= 11 is 0. The van der Waals surface area contributed by atoms with Gasteiger partial charge < -0.3 is 20.1 Å². The van der Waals surface area contributed by atoms with E-state index >= 15 is 0 Å². The first kappa shape index (κ1) is 20.5. The second-order valence-electron chi connectivity index (χ2n) is 7.62. The molecule has 9 nitrogen and oxygen atoms in total. The predicted molar refractivity (Wildman–Crippen MR) is 122 cm³/mol. The second-order valence-corrected chi connectivity index (χ2v) is 7.62. The Bertz CT molecular complexity index is 1320. The monoisotopic (exact) mass is 443 g/mol. The van der Waals surface area contributed by atoms with Gasteiger partial charge in [-0.3, -0.25) is 19.7 Å². The Hall–Kier alpha value is -4.40. The maximum atomic E-state index is 12.6. The average molecular weight is 443 g/mol. The Morgan fingerprint density at radius 3 is 2.58 bits per heavy atom. The second kappa shape index (κ2) is 8.99. The number of hydrogen-bond acceptors (Lipinski definition) is 6. The van der Waals surface area contributed by atoms with Gasteiger partial charge in [-0.25, -0.2) is 0 Å². The van der Waals surface area contributed by atoms with Gasteiger partial charge >= 0.3 is 0 Å². The van der Waals surface area contributed by atoms with Crippen LogP contribution in [0, 0.1) is 0 Å². The molecule has 3 N–H and O–H groups in total. The molecule has 0 radical (unpaired) electrons. The van der Waals surface area contributed by atoms with Gasteiger partial charge in [0.1, 0.15) is 13.2 Å². The zero-order valence-electron chi connectivity index (χ0n) is 17.6. The van der Waals surface area contributed by atoms with Crippen molar-refractivity contribution in [2.45, 2.75) is 12.8 Å². The lowest BCUT2D eigenvalue weighted by molar-refractivity contribution is -0.116. The topological polar surface area (TPSA) is 118 Å². The fourth-order valence-corrected chi connectivity index (χ4v) is 3.64. The van der Waals surface area contributed by atoms with Gasteiger partial charge in [-0.05, 0) is 47.5 Å². The van der Waals surface area contributed by atoms with Gasteiger partial charge in [-0.15, -0.1) is 0 Å². The fourth-order valence-electron chi connectivity index (χ4n) is 3.64. The molecule has 2 aromatic carbocycles. The molecule has 33 heavy (non-hydrogen) atoms. The predicted octanol–water partition coefficient (Wildman–Crippen LogP) is 3.09. The standard InChI is InChI=1S/C24H21N5O4/c30-22(12-16-2-1-7-25-14-16)26-17-4-5-19-18(13-17)24(29-28-19)27-23(31)11-15-3-6-20-21(10-15)33-9-8-32-20/h1-7,10,13-14H,8-9,11-12H2,(H,26,30)(H2,27,28,29,31). The molecular formula is C24H21N5O4. The summed E-state index contributed by atoms with van der Waals surface area (Å²) in [5.41, 5.74) is 2.99. The quantitative estimate of drug-likeness (QED) is 0.421. The first-order valence-electron chi connectivity index (χ1n) is 10.5. The molecule has 0 spiro atoms. The van der Waals surface area contributed by atoms with Crippen LogP contribution in [-0.2, 0) is 22.4 Å². The number of anilines is 2. The van der Waals surface area contributed by atoms with E-state index in [0.717, 1.165) is 16.6 Å². The SMILES string of the molecule is O=C(Cc1cccnc1)Nc1ccc2[nH]nc(NC(=O)Cc3ccc4c(c3)OCCO4)c2c1. The summed E-state index contributed by atoms with van der Waals surface area (Å²) in [6, 6.07) is 14.5. The Morgan fingerprint density at radius 1 is 0.909 bits per heavy atom. The summed E-state index contributed by atoms with van der Waals surface area (Å²) in [6.45, 7) is 1.01. The average Bonchev–Trinajstić information content (AvgIpc) is 3.21. The molecule has 0 saturated carbocycles. The van der Waals surface area contributed by atoms with E-state index in [2.05, 4.69) is 25.8 Å². The highest BCUT2D eigenvalue weighted by molar-refractivity contribution is 6.02. The molecule has 0 saturated heterocycles. The molecule has 2 aromatic heterocycles. The molecule has 0 aliphatic carbocycles. The lowest BCUT2D eigenvalue weighted by atomic mass is 10.1. The maximum Gasteiger partial charge on any atom is 0.230 e. The number of H-pyrrole nitrogens is 1. The van der Waals surface area contributed by atoms with E-state index in [1.165, 1.54) is 0 Å². The van der Waals surface area contributed by atoms with Crippen LogP contribution in [0.4, 0.5) is 11.5 Å². The van der Waals surface area contributed by atoms with E-state index in [0.29, 0.717) is 41.6 Å². The van der Waals surface area contributed by atoms with Crippen LogP contribution in [-0.4, -0.2) is 40.2 Å². The molecule has 1 aliphatic heterocycles. The molecule has 0 atom stereocenters. The van der Waals surface area contributed by atoms with Crippen molar-refractivity contribution in [1.29, 1.82) is 0 Å². The van der Waals surface area contributed by atoms with E-state index < -0.39 is 0 Å². The molecule has 0 bridgehead atoms. The van der Waals surface area contributed by atoms with Crippen molar-refractivity contribution in [3.8, 4) is 11.5 Å². The zero-order valence-corrected chi connectivity index (χ0v) is 17.6. The number of aromatic nitrogens is 3. The largest absolute Gasteiger partial charge is 0.486 e. The van der Waals surface area contributed by atoms with Gasteiger partial charge in [0.25, 0.3) is 0 Å². The van der Waals surface area contributed by atoms with E-state index in [1.54, 1.807) is 36.7 Å². The number of nitrogens with zero attached hydrogens (tertiary/aromatic N) is 2. The third-order valence-electron chi connectivity index (χ3n) is 5.16. The number of nitrogens with one attached hydrogen (secondary N) is 3. The smallest absolute Gasteiger partial charge is 0.230 e. The Kier molecular flexibility index (Phi) is 5.59. The summed E-state index contributed by atoms with van der Waals surface area (Å²) in [5.74, 6) is 1.35. The summed E-state index contributed by atoms with van der Waals surface area (Å²) in [6.07, 6.45) is 3.70. The van der Waals surface area contributed by atoms with Crippen molar-refractivity contribution in [2.75, 3.05) is 23.8 Å². The minimum absolute atomic E-state index is 0.157. The van der Waals surface area contributed by atoms with Crippen molar-refractivity contribution in [3.05, 3.63) is 72.1 Å². The molecule has 166 valence electrons. The van der Waals surface area contributed by atoms with Gasteiger partial charge in [-0.2, -0.15) is 5.10 Å². The Labute approximate surface area is 189 Å². The summed E-state index contributed by atoms with van der Waals surface area (Å²) in [5, 5.41) is 13.5. The molecular weight excluding hydrogens is 422 g/mol. The van der Waals surface area contributed by atoms with Crippen LogP contribution in [0.5, 0.6) is 11.5 Å². The van der Waals surface area contributed by atoms with Crippen LogP contribution in [0.3, 0.4) is 0 Å². The van der Waals surface area contributed by atoms with Crippen molar-refractivity contribution < 1.29 is 19.1 Å². The minimum Gasteiger partial charge on any atom is -0.486 e. The number of pyridine rings is 1. The molecule has 2 amide bonds. The van der Waals surface area contributed by atoms with E-state index in [-0.39, 0.29) is 24.7 Å². The highest BCUT2D eigenvalue weighted by Crippen LogP contribution is 2.31. The van der Waals surface area contributed by atoms with Crippen LogP contribution < -0.4 is 20.1 Å². The van der Waals surface area contributed by atoms with Crippen LogP contribution in [0.25, 0.3) is 10.9 Å². The third-order valence-corrected chi connectivity index (χ3v) is 5.16. The Morgan fingerprint density at radius 2 is 1.73 bits per heavy atom. The molecule has 3 heterocycles. The lowest BCUT2D eigenvalue weighted by Crippen LogP contribution is -2.17. The zero-order chi connectivity index (χ0) is 22.6. The molecule has 0 unspecified atom stereocenters. The van der Waals surface area contributed by atoms with Gasteiger partial charge in [-0.1, -0.05) is 12.1 Å². The van der Waals surface area contributed by atoms with Crippen molar-refractivity contribution in [2.24, 2.45) is 0 Å². The van der Waals surface area contributed by atoms with Gasteiger partial charge in [0.05, 0.1) is 18.4 Å². The van der Waals surface area contributed by atoms with Crippen molar-refractivity contribution in [1.82, 2.24) is 15.2 Å². The van der Waals surface area contributed by atoms with Gasteiger partial charge in [0, 0.05) is 23.5 Å². The lowest BCUT2D eigenvalue weighted by Gasteiger charge is -2.18. The number of aromatic amines is 1. The van der Waals surface area contributed by atoms with Gasteiger partial charge in [0.2, 0.25) is 11.8 Å². The number of ether oxygens (including phenoxy) is 2. The number of benzene rings is 2. The van der Waals surface area contributed by atoms with Gasteiger partial charge in [0.15, 0.2) is 17.3 Å². The summed E-state index contributed by atoms with van der Waals surface area (Å²) in [4.78, 5) is 29.0. The van der Waals surface area contributed by atoms with Crippen LogP contribution in [0.2, 0.25) is 0 Å². The van der Waals surface area contributed by atoms with Crippen LogP contribution in [0.15, 0.2) is 60.9 Å². The van der Waals surface area contributed by atoms with E-state index in [4.69, 9.17) is 9.47 Å². The summed E-state index contributed by atoms with van der Waals surface area (Å²) < 4.78 is 11.1. The van der Waals surface area contributed by atoms with Crippen LogP contribution in [0.1, 0.15) is 11.1 Å². The van der Waals surface area contributed by atoms with Crippen molar-refractivity contribution in [3.63, 3.8) is 0 Å². The first-order chi connectivity index (χ1) is 16.1. The number of rotatable bonds is 6. The summed E-state index contributed by atoms with van der Waals surface area (Å²) in [7, 11) is 0. The normalized spacial score (nSPS) is 12.4. The Balaban J connectivity index is 1.26. The van der Waals surface area contributed by atoms with E-state index in [1.807, 2.05) is 24.3 Å². The highest BCUT2D eigenvalue weighted by Gasteiger charge is 2.15. The number of carbonyl (C=O) groups excluding carboxylic acids is 2. The third kappa shape index (κ3) is 4.77. The van der Waals surface area contributed by atoms with Crippen molar-refractivity contribution >= 4 is 34.2 Å². The maximum absolute atomic E-state index is 12.6. The van der Waals surface area contributed by atoms with Crippen LogP contribution >= 0.6 is 0 Å². The first-order valence-corrected chi connectivity index (χ1v) is 10.5. The minimum atomic E-state index is -0.217. The number of fused-ring (bicyclic) bond motifs is 2. The van der Waals surface area contributed by atoms with E-state index in [9.17, 15) is 9.59 Å². The highest BCUT2D eigenvalue weighted by atomic mass is 16.6. The fraction of sp³-hybridized carbons (Fsp3) is 0.167. The number of amides is 2. The number of hydrogen-bond donors (Lipinski definition) is 3. The molecule has 4 aromatic rings. The number of carbonyl (C=O) groups is 2. The molecule has 0 fully saturated rings. The molecule has 9 heteroatoms.